The zero-order valence-electron chi connectivity index (χ0n) is 16.5. The van der Waals surface area contributed by atoms with E-state index in [9.17, 15) is 4.79 Å². The Hall–Kier alpha value is -2.33. The molecule has 27 heavy (non-hydrogen) atoms. The van der Waals surface area contributed by atoms with E-state index in [0.29, 0.717) is 26.1 Å². The monoisotopic (exact) mass is 367 g/mol. The Morgan fingerprint density at radius 2 is 1.89 bits per heavy atom. The first-order chi connectivity index (χ1) is 13.0. The fraction of sp³-hybridized carbons (Fsp3) is 0.435. The van der Waals surface area contributed by atoms with Crippen LogP contribution in [0, 0.1) is 6.92 Å². The third-order valence-corrected chi connectivity index (χ3v) is 5.38. The molecule has 1 heterocycles. The van der Waals surface area contributed by atoms with Gasteiger partial charge in [0.15, 0.2) is 0 Å². The van der Waals surface area contributed by atoms with Gasteiger partial charge in [0.1, 0.15) is 5.75 Å². The fourth-order valence-corrected chi connectivity index (χ4v) is 3.49. The number of ether oxygens (including phenoxy) is 2. The normalized spacial score (nSPS) is 17.1. The molecule has 144 valence electrons. The minimum Gasteiger partial charge on any atom is -0.491 e. The molecule has 1 aliphatic heterocycles. The quantitative estimate of drug-likeness (QED) is 0.793. The topological polar surface area (TPSA) is 47.6 Å². The standard InChI is InChI=1S/C23H29NO3/c1-4-18(3)27-21-10-8-20(9-11-21)24-22(25)23(12-14-26-15-13-23)19-7-5-6-17(2)16-19/h5-11,16,18H,4,12-15H2,1-3H3,(H,24,25)/t18-/m0/s1. The molecule has 0 aromatic heterocycles. The SMILES string of the molecule is CC[C@H](C)Oc1ccc(NC(=O)C2(c3cccc(C)c3)CCOCC2)cc1. The van der Waals surface area contributed by atoms with Crippen LogP contribution >= 0.6 is 0 Å². The largest absolute Gasteiger partial charge is 0.491 e. The van der Waals surface area contributed by atoms with Crippen molar-refractivity contribution in [2.24, 2.45) is 0 Å². The average Bonchev–Trinajstić information content (AvgIpc) is 2.70. The molecule has 1 saturated heterocycles. The van der Waals surface area contributed by atoms with Crippen LogP contribution in [-0.2, 0) is 14.9 Å². The van der Waals surface area contributed by atoms with Gasteiger partial charge in [0.2, 0.25) is 5.91 Å². The van der Waals surface area contributed by atoms with Gasteiger partial charge < -0.3 is 14.8 Å². The molecule has 0 aliphatic carbocycles. The second-order valence-corrected chi connectivity index (χ2v) is 7.38. The summed E-state index contributed by atoms with van der Waals surface area (Å²) >= 11 is 0. The highest BCUT2D eigenvalue weighted by molar-refractivity contribution is 5.99. The van der Waals surface area contributed by atoms with Gasteiger partial charge in [-0.1, -0.05) is 36.8 Å². The Bertz CT molecular complexity index is 763. The van der Waals surface area contributed by atoms with Gasteiger partial charge in [-0.2, -0.15) is 0 Å². The van der Waals surface area contributed by atoms with E-state index in [1.165, 1.54) is 0 Å². The van der Waals surface area contributed by atoms with Crippen molar-refractivity contribution in [1.29, 1.82) is 0 Å². The molecule has 1 aliphatic rings. The van der Waals surface area contributed by atoms with Crippen molar-refractivity contribution in [3.63, 3.8) is 0 Å². The lowest BCUT2D eigenvalue weighted by Gasteiger charge is -2.36. The summed E-state index contributed by atoms with van der Waals surface area (Å²) in [6.07, 6.45) is 2.52. The molecule has 0 radical (unpaired) electrons. The van der Waals surface area contributed by atoms with E-state index >= 15 is 0 Å². The summed E-state index contributed by atoms with van der Waals surface area (Å²) in [5.41, 5.74) is 2.48. The Kier molecular flexibility index (Phi) is 6.17. The first-order valence-corrected chi connectivity index (χ1v) is 9.76. The van der Waals surface area contributed by atoms with Crippen molar-refractivity contribution in [2.45, 2.75) is 51.6 Å². The van der Waals surface area contributed by atoms with Crippen molar-refractivity contribution in [1.82, 2.24) is 0 Å². The summed E-state index contributed by atoms with van der Waals surface area (Å²) in [5, 5.41) is 3.11. The number of carbonyl (C=O) groups excluding carboxylic acids is 1. The van der Waals surface area contributed by atoms with Gasteiger partial charge in [-0.15, -0.1) is 0 Å². The van der Waals surface area contributed by atoms with Gasteiger partial charge in [0.05, 0.1) is 11.5 Å². The summed E-state index contributed by atoms with van der Waals surface area (Å²) in [6, 6.07) is 15.9. The zero-order chi connectivity index (χ0) is 19.3. The highest BCUT2D eigenvalue weighted by Crippen LogP contribution is 2.36. The first kappa shape index (κ1) is 19.4. The minimum absolute atomic E-state index is 0.0343. The molecular formula is C23H29NO3. The number of hydrogen-bond acceptors (Lipinski definition) is 3. The van der Waals surface area contributed by atoms with Crippen LogP contribution in [0.2, 0.25) is 0 Å². The molecule has 1 atom stereocenters. The third-order valence-electron chi connectivity index (χ3n) is 5.38. The molecule has 1 fully saturated rings. The molecule has 2 aromatic carbocycles. The van der Waals surface area contributed by atoms with Crippen molar-refractivity contribution in [3.8, 4) is 5.75 Å². The lowest BCUT2D eigenvalue weighted by Crippen LogP contribution is -2.44. The molecule has 1 amide bonds. The Labute approximate surface area is 161 Å². The first-order valence-electron chi connectivity index (χ1n) is 9.76. The summed E-state index contributed by atoms with van der Waals surface area (Å²) in [5.74, 6) is 0.855. The number of nitrogens with one attached hydrogen (secondary N) is 1. The highest BCUT2D eigenvalue weighted by atomic mass is 16.5. The second kappa shape index (κ2) is 8.57. The Morgan fingerprint density at radius 1 is 1.19 bits per heavy atom. The number of amides is 1. The molecular weight excluding hydrogens is 338 g/mol. The van der Waals surface area contributed by atoms with Gasteiger partial charge in [-0.05, 0) is 62.9 Å². The fourth-order valence-electron chi connectivity index (χ4n) is 3.49. The minimum atomic E-state index is -0.545. The van der Waals surface area contributed by atoms with Crippen molar-refractivity contribution in [3.05, 3.63) is 59.7 Å². The van der Waals surface area contributed by atoms with E-state index in [0.717, 1.165) is 29.0 Å². The molecule has 0 saturated carbocycles. The highest BCUT2D eigenvalue weighted by Gasteiger charge is 2.41. The summed E-state index contributed by atoms with van der Waals surface area (Å²) in [7, 11) is 0. The lowest BCUT2D eigenvalue weighted by molar-refractivity contribution is -0.125. The van der Waals surface area contributed by atoms with E-state index in [4.69, 9.17) is 9.47 Å². The van der Waals surface area contributed by atoms with Crippen molar-refractivity contribution >= 4 is 11.6 Å². The van der Waals surface area contributed by atoms with E-state index in [2.05, 4.69) is 37.4 Å². The Morgan fingerprint density at radius 3 is 2.52 bits per heavy atom. The molecule has 1 N–H and O–H groups in total. The van der Waals surface area contributed by atoms with Crippen LogP contribution in [0.4, 0.5) is 5.69 Å². The molecule has 3 rings (SSSR count). The number of hydrogen-bond donors (Lipinski definition) is 1. The smallest absolute Gasteiger partial charge is 0.235 e. The maximum atomic E-state index is 13.3. The Balaban J connectivity index is 1.79. The van der Waals surface area contributed by atoms with Crippen molar-refractivity contribution in [2.75, 3.05) is 18.5 Å². The van der Waals surface area contributed by atoms with Gasteiger partial charge in [0.25, 0.3) is 0 Å². The maximum Gasteiger partial charge on any atom is 0.235 e. The van der Waals surface area contributed by atoms with E-state index in [1.807, 2.05) is 37.3 Å². The van der Waals surface area contributed by atoms with Crippen LogP contribution in [0.5, 0.6) is 5.75 Å². The van der Waals surface area contributed by atoms with E-state index in [1.54, 1.807) is 0 Å². The molecule has 0 unspecified atom stereocenters. The summed E-state index contributed by atoms with van der Waals surface area (Å²) in [4.78, 5) is 13.3. The summed E-state index contributed by atoms with van der Waals surface area (Å²) < 4.78 is 11.4. The van der Waals surface area contributed by atoms with Crippen LogP contribution in [0.1, 0.15) is 44.2 Å². The van der Waals surface area contributed by atoms with Crippen LogP contribution in [-0.4, -0.2) is 25.2 Å². The summed E-state index contributed by atoms with van der Waals surface area (Å²) in [6.45, 7) is 7.40. The third kappa shape index (κ3) is 4.51. The maximum absolute atomic E-state index is 13.3. The van der Waals surface area contributed by atoms with E-state index in [-0.39, 0.29) is 12.0 Å². The predicted molar refractivity (Wildman–Crippen MR) is 108 cm³/mol. The van der Waals surface area contributed by atoms with Gasteiger partial charge in [-0.25, -0.2) is 0 Å². The zero-order valence-corrected chi connectivity index (χ0v) is 16.5. The molecule has 2 aromatic rings. The van der Waals surface area contributed by atoms with Crippen LogP contribution in [0.25, 0.3) is 0 Å². The van der Waals surface area contributed by atoms with Crippen LogP contribution < -0.4 is 10.1 Å². The van der Waals surface area contributed by atoms with E-state index < -0.39 is 5.41 Å². The van der Waals surface area contributed by atoms with Gasteiger partial charge in [-0.3, -0.25) is 4.79 Å². The number of benzene rings is 2. The molecule has 4 heteroatoms. The number of rotatable bonds is 6. The number of anilines is 1. The van der Waals surface area contributed by atoms with Gasteiger partial charge in [0, 0.05) is 18.9 Å². The van der Waals surface area contributed by atoms with Crippen LogP contribution in [0.3, 0.4) is 0 Å². The van der Waals surface area contributed by atoms with Crippen LogP contribution in [0.15, 0.2) is 48.5 Å². The van der Waals surface area contributed by atoms with Crippen molar-refractivity contribution < 1.29 is 14.3 Å². The average molecular weight is 367 g/mol. The number of carbonyl (C=O) groups is 1. The second-order valence-electron chi connectivity index (χ2n) is 7.38. The lowest BCUT2D eigenvalue weighted by atomic mass is 9.73. The molecule has 0 bridgehead atoms. The van der Waals surface area contributed by atoms with Gasteiger partial charge >= 0.3 is 0 Å². The predicted octanol–water partition coefficient (Wildman–Crippen LogP) is 4.86. The molecule has 0 spiro atoms. The number of aryl methyl sites for hydroxylation is 1. The molecule has 4 nitrogen and oxygen atoms in total.